The van der Waals surface area contributed by atoms with Crippen LogP contribution < -0.4 is 0 Å². The predicted molar refractivity (Wildman–Crippen MR) is 135 cm³/mol. The standard InChI is InChI=1S/C27H27BrN4O/c1-20-5-4-6-21(17-20)18-32-25-8-3-2-7-24(25)29-26(32)19-30-13-15-31(16-14-30)27(33)22-9-11-23(28)12-10-22/h2-12,17H,13-16,18-19H2,1H3. The number of fused-ring (bicyclic) bond motifs is 1. The van der Waals surface area contributed by atoms with Gasteiger partial charge in [0.15, 0.2) is 0 Å². The summed E-state index contributed by atoms with van der Waals surface area (Å²) >= 11 is 3.43. The topological polar surface area (TPSA) is 41.4 Å². The zero-order valence-electron chi connectivity index (χ0n) is 18.7. The van der Waals surface area contributed by atoms with Crippen molar-refractivity contribution >= 4 is 32.9 Å². The predicted octanol–water partition coefficient (Wildman–Crippen LogP) is 5.11. The van der Waals surface area contributed by atoms with Crippen molar-refractivity contribution in [3.63, 3.8) is 0 Å². The summed E-state index contributed by atoms with van der Waals surface area (Å²) in [5.74, 6) is 1.18. The first-order valence-corrected chi connectivity index (χ1v) is 12.1. The molecule has 0 aliphatic carbocycles. The Labute approximate surface area is 202 Å². The maximum Gasteiger partial charge on any atom is 0.253 e. The minimum Gasteiger partial charge on any atom is -0.336 e. The number of hydrogen-bond donors (Lipinski definition) is 0. The Morgan fingerprint density at radius 1 is 0.909 bits per heavy atom. The maximum atomic E-state index is 12.9. The first kappa shape index (κ1) is 21.9. The average Bonchev–Trinajstić information content (AvgIpc) is 3.16. The van der Waals surface area contributed by atoms with Crippen molar-refractivity contribution in [3.8, 4) is 0 Å². The number of aromatic nitrogens is 2. The monoisotopic (exact) mass is 502 g/mol. The van der Waals surface area contributed by atoms with Gasteiger partial charge in [0, 0.05) is 42.8 Å². The number of imidazole rings is 1. The zero-order chi connectivity index (χ0) is 22.8. The fraction of sp³-hybridized carbons (Fsp3) is 0.259. The summed E-state index contributed by atoms with van der Waals surface area (Å²) in [6, 6.07) is 24.6. The molecule has 168 valence electrons. The number of piperazine rings is 1. The molecule has 5 rings (SSSR count). The Morgan fingerprint density at radius 2 is 1.67 bits per heavy atom. The molecule has 1 fully saturated rings. The first-order valence-electron chi connectivity index (χ1n) is 11.3. The lowest BCUT2D eigenvalue weighted by Crippen LogP contribution is -2.48. The van der Waals surface area contributed by atoms with Crippen molar-refractivity contribution in [2.75, 3.05) is 26.2 Å². The van der Waals surface area contributed by atoms with Crippen LogP contribution in [0.2, 0.25) is 0 Å². The van der Waals surface area contributed by atoms with Gasteiger partial charge in [0.25, 0.3) is 5.91 Å². The number of benzene rings is 3. The molecule has 0 bridgehead atoms. The molecule has 1 aliphatic rings. The van der Waals surface area contributed by atoms with E-state index in [2.05, 4.69) is 74.8 Å². The van der Waals surface area contributed by atoms with E-state index in [0.717, 1.165) is 66.2 Å². The van der Waals surface area contributed by atoms with E-state index in [1.54, 1.807) is 0 Å². The van der Waals surface area contributed by atoms with Gasteiger partial charge in [-0.25, -0.2) is 4.98 Å². The average molecular weight is 503 g/mol. The van der Waals surface area contributed by atoms with Gasteiger partial charge in [-0.15, -0.1) is 0 Å². The van der Waals surface area contributed by atoms with Crippen LogP contribution in [0.5, 0.6) is 0 Å². The van der Waals surface area contributed by atoms with E-state index < -0.39 is 0 Å². The zero-order valence-corrected chi connectivity index (χ0v) is 20.3. The van der Waals surface area contributed by atoms with Gasteiger partial charge in [-0.05, 0) is 48.9 Å². The van der Waals surface area contributed by atoms with Crippen LogP contribution in [0, 0.1) is 6.92 Å². The van der Waals surface area contributed by atoms with Crippen molar-refractivity contribution in [3.05, 3.63) is 99.8 Å². The molecule has 0 radical (unpaired) electrons. The molecule has 33 heavy (non-hydrogen) atoms. The van der Waals surface area contributed by atoms with Crippen LogP contribution in [-0.4, -0.2) is 51.4 Å². The number of aryl methyl sites for hydroxylation is 1. The minimum atomic E-state index is 0.105. The summed E-state index contributed by atoms with van der Waals surface area (Å²) < 4.78 is 3.32. The van der Waals surface area contributed by atoms with E-state index in [1.165, 1.54) is 11.1 Å². The van der Waals surface area contributed by atoms with Gasteiger partial charge < -0.3 is 9.47 Å². The summed E-state index contributed by atoms with van der Waals surface area (Å²) in [5.41, 5.74) is 5.49. The van der Waals surface area contributed by atoms with E-state index >= 15 is 0 Å². The van der Waals surface area contributed by atoms with Crippen molar-refractivity contribution in [1.29, 1.82) is 0 Å². The molecule has 3 aromatic carbocycles. The summed E-state index contributed by atoms with van der Waals surface area (Å²) in [4.78, 5) is 22.2. The molecule has 0 atom stereocenters. The van der Waals surface area contributed by atoms with E-state index in [1.807, 2.05) is 35.2 Å². The fourth-order valence-corrected chi connectivity index (χ4v) is 4.76. The van der Waals surface area contributed by atoms with Gasteiger partial charge in [0.2, 0.25) is 0 Å². The number of halogens is 1. The van der Waals surface area contributed by atoms with E-state index in [-0.39, 0.29) is 5.91 Å². The third-order valence-corrected chi connectivity index (χ3v) is 6.80. The van der Waals surface area contributed by atoms with E-state index in [0.29, 0.717) is 0 Å². The lowest BCUT2D eigenvalue weighted by atomic mass is 10.1. The van der Waals surface area contributed by atoms with Crippen LogP contribution >= 0.6 is 15.9 Å². The summed E-state index contributed by atoms with van der Waals surface area (Å²) in [6.45, 7) is 6.86. The van der Waals surface area contributed by atoms with Gasteiger partial charge >= 0.3 is 0 Å². The van der Waals surface area contributed by atoms with Crippen molar-refractivity contribution in [1.82, 2.24) is 19.4 Å². The minimum absolute atomic E-state index is 0.105. The van der Waals surface area contributed by atoms with Crippen LogP contribution in [0.3, 0.4) is 0 Å². The Bertz CT molecular complexity index is 1270. The second kappa shape index (κ2) is 9.49. The molecule has 0 saturated carbocycles. The van der Waals surface area contributed by atoms with Crippen molar-refractivity contribution in [2.24, 2.45) is 0 Å². The Kier molecular flexibility index (Phi) is 6.29. The quantitative estimate of drug-likeness (QED) is 0.380. The Balaban J connectivity index is 1.31. The Morgan fingerprint density at radius 3 is 2.42 bits per heavy atom. The summed E-state index contributed by atoms with van der Waals surface area (Å²) in [7, 11) is 0. The largest absolute Gasteiger partial charge is 0.336 e. The molecule has 1 aliphatic heterocycles. The molecular formula is C27H27BrN4O. The van der Waals surface area contributed by atoms with Gasteiger partial charge in [-0.3, -0.25) is 9.69 Å². The van der Waals surface area contributed by atoms with Crippen LogP contribution in [0.25, 0.3) is 11.0 Å². The number of rotatable bonds is 5. The van der Waals surface area contributed by atoms with Gasteiger partial charge in [-0.1, -0.05) is 57.9 Å². The fourth-order valence-electron chi connectivity index (χ4n) is 4.50. The number of amides is 1. The SMILES string of the molecule is Cc1cccc(Cn2c(CN3CCN(C(=O)c4ccc(Br)cc4)CC3)nc3ccccc32)c1. The lowest BCUT2D eigenvalue weighted by Gasteiger charge is -2.34. The van der Waals surface area contributed by atoms with Crippen molar-refractivity contribution in [2.45, 2.75) is 20.0 Å². The third kappa shape index (κ3) is 4.87. The molecule has 1 saturated heterocycles. The molecule has 0 spiro atoms. The second-order valence-electron chi connectivity index (χ2n) is 8.67. The normalized spacial score (nSPS) is 14.7. The van der Waals surface area contributed by atoms with Crippen molar-refractivity contribution < 1.29 is 4.79 Å². The molecule has 1 aromatic heterocycles. The number of para-hydroxylation sites is 2. The molecule has 0 N–H and O–H groups in total. The van der Waals surface area contributed by atoms with Crippen LogP contribution in [0.1, 0.15) is 27.3 Å². The van der Waals surface area contributed by atoms with Gasteiger partial charge in [0.1, 0.15) is 5.82 Å². The highest BCUT2D eigenvalue weighted by molar-refractivity contribution is 9.10. The highest BCUT2D eigenvalue weighted by Crippen LogP contribution is 2.21. The van der Waals surface area contributed by atoms with E-state index in [4.69, 9.17) is 4.98 Å². The highest BCUT2D eigenvalue weighted by atomic mass is 79.9. The smallest absolute Gasteiger partial charge is 0.253 e. The summed E-state index contributed by atoms with van der Waals surface area (Å²) in [5, 5.41) is 0. The highest BCUT2D eigenvalue weighted by Gasteiger charge is 2.23. The molecular weight excluding hydrogens is 476 g/mol. The lowest BCUT2D eigenvalue weighted by molar-refractivity contribution is 0.0624. The number of nitrogens with zero attached hydrogens (tertiary/aromatic N) is 4. The third-order valence-electron chi connectivity index (χ3n) is 6.27. The van der Waals surface area contributed by atoms with Crippen LogP contribution in [-0.2, 0) is 13.1 Å². The van der Waals surface area contributed by atoms with Gasteiger partial charge in [-0.2, -0.15) is 0 Å². The van der Waals surface area contributed by atoms with Crippen LogP contribution in [0.15, 0.2) is 77.3 Å². The maximum absolute atomic E-state index is 12.9. The first-order chi connectivity index (χ1) is 16.1. The molecule has 0 unspecified atom stereocenters. The number of carbonyl (C=O) groups excluding carboxylic acids is 1. The molecule has 5 nitrogen and oxygen atoms in total. The number of hydrogen-bond acceptors (Lipinski definition) is 3. The molecule has 1 amide bonds. The number of carbonyl (C=O) groups is 1. The molecule has 2 heterocycles. The molecule has 6 heteroatoms. The summed E-state index contributed by atoms with van der Waals surface area (Å²) in [6.07, 6.45) is 0. The molecule has 4 aromatic rings. The van der Waals surface area contributed by atoms with E-state index in [9.17, 15) is 4.79 Å². The second-order valence-corrected chi connectivity index (χ2v) is 9.58. The van der Waals surface area contributed by atoms with Gasteiger partial charge in [0.05, 0.1) is 17.6 Å². The Hall–Kier alpha value is -2.96. The van der Waals surface area contributed by atoms with Crippen LogP contribution in [0.4, 0.5) is 0 Å².